The van der Waals surface area contributed by atoms with Gasteiger partial charge in [-0.3, -0.25) is 4.79 Å². The summed E-state index contributed by atoms with van der Waals surface area (Å²) in [6, 6.07) is 5.80. The summed E-state index contributed by atoms with van der Waals surface area (Å²) in [7, 11) is 0. The van der Waals surface area contributed by atoms with E-state index in [9.17, 15) is 13.6 Å². The van der Waals surface area contributed by atoms with Crippen LogP contribution in [-0.4, -0.2) is 42.9 Å². The van der Waals surface area contributed by atoms with Crippen LogP contribution >= 0.6 is 12.4 Å². The normalized spacial score (nSPS) is 21.2. The highest BCUT2D eigenvalue weighted by Crippen LogP contribution is 2.31. The molecule has 0 aromatic heterocycles. The molecule has 1 aromatic rings. The van der Waals surface area contributed by atoms with Gasteiger partial charge in [0.1, 0.15) is 0 Å². The molecule has 0 radical (unpaired) electrons. The summed E-state index contributed by atoms with van der Waals surface area (Å²) >= 11 is 0. The molecule has 2 saturated heterocycles. The second-order valence-electron chi connectivity index (χ2n) is 6.74. The quantitative estimate of drug-likeness (QED) is 0.873. The third-order valence-corrected chi connectivity index (χ3v) is 5.09. The molecule has 2 heterocycles. The molecule has 0 atom stereocenters. The third kappa shape index (κ3) is 4.25. The molecule has 24 heavy (non-hydrogen) atoms. The Morgan fingerprint density at radius 1 is 1.21 bits per heavy atom. The van der Waals surface area contributed by atoms with Crippen LogP contribution in [0.25, 0.3) is 0 Å². The van der Waals surface area contributed by atoms with Gasteiger partial charge >= 0.3 is 0 Å². The van der Waals surface area contributed by atoms with Crippen LogP contribution in [0.15, 0.2) is 18.2 Å². The Morgan fingerprint density at radius 3 is 2.46 bits per heavy atom. The summed E-state index contributed by atoms with van der Waals surface area (Å²) in [5.41, 5.74) is 3.08. The van der Waals surface area contributed by atoms with E-state index < -0.39 is 5.92 Å². The number of rotatable bonds is 2. The van der Waals surface area contributed by atoms with E-state index in [0.717, 1.165) is 25.9 Å². The average Bonchev–Trinajstić information content (AvgIpc) is 2.55. The lowest BCUT2D eigenvalue weighted by molar-refractivity contribution is -0.0494. The second-order valence-corrected chi connectivity index (χ2v) is 6.74. The van der Waals surface area contributed by atoms with Gasteiger partial charge in [-0.05, 0) is 62.0 Å². The van der Waals surface area contributed by atoms with E-state index in [4.69, 9.17) is 0 Å². The Kier molecular flexibility index (Phi) is 6.21. The summed E-state index contributed by atoms with van der Waals surface area (Å²) in [6.07, 6.45) is 1.69. The predicted octanol–water partition coefficient (Wildman–Crippen LogP) is 3.76. The number of aryl methyl sites for hydroxylation is 1. The summed E-state index contributed by atoms with van der Waals surface area (Å²) in [4.78, 5) is 14.2. The number of halogens is 3. The highest BCUT2D eigenvalue weighted by molar-refractivity contribution is 5.94. The number of carbonyl (C=O) groups is 1. The number of alkyl halides is 2. The van der Waals surface area contributed by atoms with E-state index >= 15 is 0 Å². The molecular formula is C18H25ClF2N2O. The number of nitrogens with zero attached hydrogens (tertiary/aromatic N) is 1. The van der Waals surface area contributed by atoms with E-state index in [1.165, 1.54) is 11.1 Å². The van der Waals surface area contributed by atoms with E-state index in [1.807, 2.05) is 18.2 Å². The Balaban J connectivity index is 0.00000208. The molecule has 0 bridgehead atoms. The van der Waals surface area contributed by atoms with Crippen LogP contribution in [0.3, 0.4) is 0 Å². The fourth-order valence-corrected chi connectivity index (χ4v) is 3.57. The molecule has 0 unspecified atom stereocenters. The number of nitrogens with one attached hydrogen (secondary N) is 1. The van der Waals surface area contributed by atoms with Crippen molar-refractivity contribution >= 4 is 18.3 Å². The zero-order valence-corrected chi connectivity index (χ0v) is 14.8. The number of hydrogen-bond acceptors (Lipinski definition) is 2. The lowest BCUT2D eigenvalue weighted by Gasteiger charge is -2.32. The van der Waals surface area contributed by atoms with Crippen molar-refractivity contribution in [2.75, 3.05) is 26.2 Å². The van der Waals surface area contributed by atoms with Crippen LogP contribution in [0.2, 0.25) is 0 Å². The van der Waals surface area contributed by atoms with E-state index in [0.29, 0.717) is 11.5 Å². The van der Waals surface area contributed by atoms with Gasteiger partial charge in [-0.15, -0.1) is 12.4 Å². The van der Waals surface area contributed by atoms with Crippen molar-refractivity contribution in [2.24, 2.45) is 0 Å². The number of likely N-dealkylation sites (tertiary alicyclic amines) is 1. The highest BCUT2D eigenvalue weighted by atomic mass is 35.5. The average molecular weight is 359 g/mol. The molecule has 0 saturated carbocycles. The van der Waals surface area contributed by atoms with E-state index in [2.05, 4.69) is 12.2 Å². The molecule has 3 rings (SSSR count). The first-order chi connectivity index (χ1) is 11.0. The van der Waals surface area contributed by atoms with Gasteiger partial charge in [-0.25, -0.2) is 8.78 Å². The number of piperidine rings is 2. The molecule has 2 aliphatic heterocycles. The van der Waals surface area contributed by atoms with Crippen LogP contribution in [0.5, 0.6) is 0 Å². The molecule has 1 N–H and O–H groups in total. The maximum atomic E-state index is 13.3. The molecular weight excluding hydrogens is 334 g/mol. The molecule has 134 valence electrons. The SMILES string of the molecule is Cc1ccc(C(=O)N2CCC(F)(F)CC2)cc1C1CCNCC1.Cl. The molecule has 1 amide bonds. The minimum Gasteiger partial charge on any atom is -0.338 e. The molecule has 2 fully saturated rings. The Hall–Kier alpha value is -1.20. The van der Waals surface area contributed by atoms with Crippen LogP contribution in [0.4, 0.5) is 8.78 Å². The van der Waals surface area contributed by atoms with Crippen LogP contribution in [0.1, 0.15) is 53.1 Å². The smallest absolute Gasteiger partial charge is 0.253 e. The first kappa shape index (κ1) is 19.1. The van der Waals surface area contributed by atoms with Crippen LogP contribution < -0.4 is 5.32 Å². The topological polar surface area (TPSA) is 32.3 Å². The maximum Gasteiger partial charge on any atom is 0.253 e. The third-order valence-electron chi connectivity index (χ3n) is 5.09. The first-order valence-corrected chi connectivity index (χ1v) is 8.45. The predicted molar refractivity (Wildman–Crippen MR) is 93.4 cm³/mol. The van der Waals surface area contributed by atoms with Crippen LogP contribution in [0, 0.1) is 6.92 Å². The number of carbonyl (C=O) groups excluding carboxylic acids is 1. The fourth-order valence-electron chi connectivity index (χ4n) is 3.57. The molecule has 2 aliphatic rings. The van der Waals surface area contributed by atoms with Crippen molar-refractivity contribution in [3.05, 3.63) is 34.9 Å². The van der Waals surface area contributed by atoms with E-state index in [-0.39, 0.29) is 44.2 Å². The molecule has 0 aliphatic carbocycles. The van der Waals surface area contributed by atoms with Gasteiger partial charge in [-0.2, -0.15) is 0 Å². The van der Waals surface area contributed by atoms with Crippen molar-refractivity contribution in [3.63, 3.8) is 0 Å². The summed E-state index contributed by atoms with van der Waals surface area (Å²) in [5.74, 6) is -2.25. The van der Waals surface area contributed by atoms with Gasteiger partial charge in [0.25, 0.3) is 11.8 Å². The van der Waals surface area contributed by atoms with Gasteiger partial charge in [0.15, 0.2) is 0 Å². The van der Waals surface area contributed by atoms with Crippen molar-refractivity contribution < 1.29 is 13.6 Å². The molecule has 3 nitrogen and oxygen atoms in total. The van der Waals surface area contributed by atoms with E-state index in [1.54, 1.807) is 4.90 Å². The van der Waals surface area contributed by atoms with Gasteiger partial charge in [0.05, 0.1) is 0 Å². The van der Waals surface area contributed by atoms with Crippen LogP contribution in [-0.2, 0) is 0 Å². The zero-order valence-electron chi connectivity index (χ0n) is 14.0. The van der Waals surface area contributed by atoms with Gasteiger partial charge < -0.3 is 10.2 Å². The number of hydrogen-bond donors (Lipinski definition) is 1. The zero-order chi connectivity index (χ0) is 16.4. The molecule has 6 heteroatoms. The minimum absolute atomic E-state index is 0. The highest BCUT2D eigenvalue weighted by Gasteiger charge is 2.35. The lowest BCUT2D eigenvalue weighted by atomic mass is 9.86. The summed E-state index contributed by atoms with van der Waals surface area (Å²) in [6.45, 7) is 4.37. The van der Waals surface area contributed by atoms with Crippen molar-refractivity contribution in [1.82, 2.24) is 10.2 Å². The van der Waals surface area contributed by atoms with Gasteiger partial charge in [0, 0.05) is 31.5 Å². The molecule has 1 aromatic carbocycles. The monoisotopic (exact) mass is 358 g/mol. The van der Waals surface area contributed by atoms with Gasteiger partial charge in [-0.1, -0.05) is 6.07 Å². The number of amides is 1. The first-order valence-electron chi connectivity index (χ1n) is 8.45. The fraction of sp³-hybridized carbons (Fsp3) is 0.611. The second kappa shape index (κ2) is 7.79. The van der Waals surface area contributed by atoms with Crippen molar-refractivity contribution in [3.8, 4) is 0 Å². The Labute approximate surface area is 148 Å². The largest absolute Gasteiger partial charge is 0.338 e. The standard InChI is InChI=1S/C18H24F2N2O.ClH/c1-13-2-3-15(12-16(13)14-4-8-21-9-5-14)17(23)22-10-6-18(19,20)7-11-22;/h2-3,12,14,21H,4-11H2,1H3;1H. The van der Waals surface area contributed by atoms with Crippen molar-refractivity contribution in [1.29, 1.82) is 0 Å². The minimum atomic E-state index is -2.62. The number of benzene rings is 1. The molecule has 0 spiro atoms. The maximum absolute atomic E-state index is 13.3. The van der Waals surface area contributed by atoms with Gasteiger partial charge in [0.2, 0.25) is 0 Å². The summed E-state index contributed by atoms with van der Waals surface area (Å²) < 4.78 is 26.5. The Morgan fingerprint density at radius 2 is 1.83 bits per heavy atom. The Bertz CT molecular complexity index is 578. The van der Waals surface area contributed by atoms with Crippen molar-refractivity contribution in [2.45, 2.75) is 44.4 Å². The lowest BCUT2D eigenvalue weighted by Crippen LogP contribution is -2.42. The summed E-state index contributed by atoms with van der Waals surface area (Å²) in [5, 5.41) is 3.35.